The molecule has 1 aliphatic heterocycles. The average Bonchev–Trinajstić information content (AvgIpc) is 3.92. The van der Waals surface area contributed by atoms with E-state index in [9.17, 15) is 0 Å². The van der Waals surface area contributed by atoms with Crippen molar-refractivity contribution in [2.24, 2.45) is 0 Å². The van der Waals surface area contributed by atoms with Crippen LogP contribution in [0.5, 0.6) is 0 Å². The Balaban J connectivity index is 0.872. The van der Waals surface area contributed by atoms with Crippen LogP contribution in [0.15, 0.2) is 243 Å². The number of benzene rings is 10. The quantitative estimate of drug-likeness (QED) is 0.167. The van der Waals surface area contributed by atoms with E-state index in [1.807, 2.05) is 24.3 Å². The van der Waals surface area contributed by atoms with Gasteiger partial charge in [-0.2, -0.15) is 0 Å². The maximum atomic E-state index is 5.14. The molecule has 2 aromatic heterocycles. The summed E-state index contributed by atoms with van der Waals surface area (Å²) < 4.78 is 2.50. The van der Waals surface area contributed by atoms with E-state index in [-0.39, 0.29) is 0 Å². The van der Waals surface area contributed by atoms with Gasteiger partial charge in [0, 0.05) is 27.5 Å². The van der Waals surface area contributed by atoms with Crippen molar-refractivity contribution < 1.29 is 0 Å². The second kappa shape index (κ2) is 15.0. The summed E-state index contributed by atoms with van der Waals surface area (Å²) in [5.41, 5.74) is 20.8. The van der Waals surface area contributed by atoms with Crippen molar-refractivity contribution in [3.63, 3.8) is 0 Å². The fourth-order valence-corrected chi connectivity index (χ4v) is 11.3. The van der Waals surface area contributed by atoms with Crippen LogP contribution in [0.4, 0.5) is 0 Å². The van der Waals surface area contributed by atoms with Crippen molar-refractivity contribution in [3.05, 3.63) is 265 Å². The summed E-state index contributed by atoms with van der Waals surface area (Å²) in [6.07, 6.45) is 0. The fraction of sp³-hybridized carbons (Fsp3) is 0.0156. The van der Waals surface area contributed by atoms with Crippen molar-refractivity contribution in [2.75, 3.05) is 0 Å². The lowest BCUT2D eigenvalue weighted by Gasteiger charge is -2.39. The van der Waals surface area contributed by atoms with Gasteiger partial charge in [-0.15, -0.1) is 0 Å². The minimum atomic E-state index is -0.511. The first-order valence-corrected chi connectivity index (χ1v) is 23.3. The molecule has 0 fully saturated rings. The molecule has 4 heteroatoms. The maximum Gasteiger partial charge on any atom is 0.164 e. The Hall–Kier alpha value is -8.99. The monoisotopic (exact) mass is 864 g/mol. The van der Waals surface area contributed by atoms with E-state index in [1.165, 1.54) is 77.6 Å². The van der Waals surface area contributed by atoms with Crippen LogP contribution in [0.3, 0.4) is 0 Å². The van der Waals surface area contributed by atoms with Crippen LogP contribution in [0.2, 0.25) is 0 Å². The molecule has 2 aliphatic rings. The SMILES string of the molecule is c1ccc(-c2ccc(-c3ccc(-c4nc(-c5ccccc5)nc(-c5ccc(-c6cccc7c6-c6ccccc6C76c7ccccc7-n7c8ccccc8c8cccc6c87)cc5)n4)cc3)cc2)cc1. The van der Waals surface area contributed by atoms with Gasteiger partial charge in [0.25, 0.3) is 0 Å². The van der Waals surface area contributed by atoms with Crippen molar-refractivity contribution in [3.8, 4) is 84.4 Å². The van der Waals surface area contributed by atoms with Crippen molar-refractivity contribution in [1.29, 1.82) is 0 Å². The van der Waals surface area contributed by atoms with Crippen LogP contribution < -0.4 is 0 Å². The topological polar surface area (TPSA) is 43.6 Å². The molecule has 4 nitrogen and oxygen atoms in total. The minimum Gasteiger partial charge on any atom is -0.309 e. The van der Waals surface area contributed by atoms with Gasteiger partial charge in [-0.1, -0.05) is 231 Å². The molecule has 1 unspecified atom stereocenters. The number of para-hydroxylation sites is 3. The third-order valence-electron chi connectivity index (χ3n) is 14.3. The highest BCUT2D eigenvalue weighted by atomic mass is 15.0. The first kappa shape index (κ1) is 38.3. The highest BCUT2D eigenvalue weighted by molar-refractivity contribution is 6.13. The number of aromatic nitrogens is 4. The Morgan fingerprint density at radius 1 is 0.279 bits per heavy atom. The van der Waals surface area contributed by atoms with E-state index in [0.717, 1.165) is 33.4 Å². The van der Waals surface area contributed by atoms with Gasteiger partial charge in [0.05, 0.1) is 22.1 Å². The maximum absolute atomic E-state index is 5.14. The molecule has 3 heterocycles. The molecule has 1 spiro atoms. The molecule has 12 aromatic rings. The molecule has 10 aromatic carbocycles. The standard InChI is InChI=1S/C64H40N4/c1-3-15-41(16-4-1)42-29-31-43(32-30-42)44-33-37-47(38-34-44)62-65-61(46-17-5-2-6-18-46)66-63(67-62)48-39-35-45(36-40-48)49-21-13-25-55-59(49)52-20-7-9-23-53(52)64(55)54-24-10-12-28-58(54)68-57-27-11-8-19-50(57)51-22-14-26-56(64)60(51)68/h1-40H. The highest BCUT2D eigenvalue weighted by Gasteiger charge is 2.51. The van der Waals surface area contributed by atoms with Crippen LogP contribution >= 0.6 is 0 Å². The van der Waals surface area contributed by atoms with Gasteiger partial charge in [-0.25, -0.2) is 15.0 Å². The van der Waals surface area contributed by atoms with Crippen molar-refractivity contribution in [1.82, 2.24) is 19.5 Å². The summed E-state index contributed by atoms with van der Waals surface area (Å²) in [5, 5.41) is 2.56. The molecule has 0 saturated carbocycles. The van der Waals surface area contributed by atoms with E-state index in [1.54, 1.807) is 0 Å². The zero-order chi connectivity index (χ0) is 44.8. The zero-order valence-corrected chi connectivity index (χ0v) is 36.9. The van der Waals surface area contributed by atoms with Crippen LogP contribution in [0.1, 0.15) is 22.3 Å². The summed E-state index contributed by atoms with van der Waals surface area (Å²) in [7, 11) is 0. The first-order chi connectivity index (χ1) is 33.7. The Labute approximate surface area is 394 Å². The Morgan fingerprint density at radius 3 is 1.37 bits per heavy atom. The zero-order valence-electron chi connectivity index (χ0n) is 36.9. The average molecular weight is 865 g/mol. The molecule has 316 valence electrons. The molecule has 0 N–H and O–H groups in total. The molecular weight excluding hydrogens is 825 g/mol. The van der Waals surface area contributed by atoms with Gasteiger partial charge in [0.15, 0.2) is 17.5 Å². The van der Waals surface area contributed by atoms with E-state index >= 15 is 0 Å². The third kappa shape index (κ3) is 5.64. The summed E-state index contributed by atoms with van der Waals surface area (Å²) in [6, 6.07) is 87.5. The smallest absolute Gasteiger partial charge is 0.164 e. The van der Waals surface area contributed by atoms with Crippen molar-refractivity contribution in [2.45, 2.75) is 5.41 Å². The summed E-state index contributed by atoms with van der Waals surface area (Å²) in [4.78, 5) is 15.3. The highest BCUT2D eigenvalue weighted by Crippen LogP contribution is 2.62. The molecular formula is C64H40N4. The van der Waals surface area contributed by atoms with Crippen molar-refractivity contribution >= 4 is 21.8 Å². The first-order valence-electron chi connectivity index (χ1n) is 23.3. The number of hydrogen-bond donors (Lipinski definition) is 0. The van der Waals surface area contributed by atoms with E-state index in [2.05, 4.69) is 223 Å². The molecule has 1 aliphatic carbocycles. The Bertz CT molecular complexity index is 3930. The normalized spacial score (nSPS) is 14.2. The molecule has 0 bridgehead atoms. The van der Waals surface area contributed by atoms with Gasteiger partial charge in [-0.3, -0.25) is 0 Å². The van der Waals surface area contributed by atoms with Crippen LogP contribution in [-0.4, -0.2) is 19.5 Å². The van der Waals surface area contributed by atoms with Gasteiger partial charge < -0.3 is 4.57 Å². The number of nitrogens with zero attached hydrogens (tertiary/aromatic N) is 4. The number of fused-ring (bicyclic) bond motifs is 12. The minimum absolute atomic E-state index is 0.511. The fourth-order valence-electron chi connectivity index (χ4n) is 11.3. The van der Waals surface area contributed by atoms with E-state index < -0.39 is 5.41 Å². The largest absolute Gasteiger partial charge is 0.309 e. The molecule has 0 amide bonds. The predicted octanol–water partition coefficient (Wildman–Crippen LogP) is 15.6. The predicted molar refractivity (Wildman–Crippen MR) is 278 cm³/mol. The van der Waals surface area contributed by atoms with Gasteiger partial charge in [-0.05, 0) is 78.9 Å². The van der Waals surface area contributed by atoms with Gasteiger partial charge in [0.2, 0.25) is 0 Å². The van der Waals surface area contributed by atoms with Crippen LogP contribution in [0.25, 0.3) is 106 Å². The van der Waals surface area contributed by atoms with Gasteiger partial charge in [0.1, 0.15) is 0 Å². The van der Waals surface area contributed by atoms with E-state index in [0.29, 0.717) is 17.5 Å². The summed E-state index contributed by atoms with van der Waals surface area (Å²) in [5.74, 6) is 1.90. The van der Waals surface area contributed by atoms with E-state index in [4.69, 9.17) is 15.0 Å². The lowest BCUT2D eigenvalue weighted by atomic mass is 9.65. The Morgan fingerprint density at radius 2 is 0.706 bits per heavy atom. The third-order valence-corrected chi connectivity index (χ3v) is 14.3. The molecule has 0 saturated heterocycles. The van der Waals surface area contributed by atoms with Gasteiger partial charge >= 0.3 is 0 Å². The number of rotatable bonds is 6. The lowest BCUT2D eigenvalue weighted by Crippen LogP contribution is -2.33. The second-order valence-electron chi connectivity index (χ2n) is 17.9. The second-order valence-corrected chi connectivity index (χ2v) is 17.9. The summed E-state index contributed by atoms with van der Waals surface area (Å²) >= 11 is 0. The Kier molecular flexibility index (Phi) is 8.46. The van der Waals surface area contributed by atoms with Crippen LogP contribution in [0, 0.1) is 0 Å². The lowest BCUT2D eigenvalue weighted by molar-refractivity contribution is 0.748. The summed E-state index contributed by atoms with van der Waals surface area (Å²) in [6.45, 7) is 0. The molecule has 0 radical (unpaired) electrons. The molecule has 14 rings (SSSR count). The molecule has 1 atom stereocenters. The van der Waals surface area contributed by atoms with Crippen LogP contribution in [-0.2, 0) is 5.41 Å². The molecule has 68 heavy (non-hydrogen) atoms. The number of hydrogen-bond acceptors (Lipinski definition) is 3.